The molecular formula is C19H20N6O. The minimum absolute atomic E-state index is 0.175. The first kappa shape index (κ1) is 17.4. The molecule has 3 heterocycles. The van der Waals surface area contributed by atoms with Gasteiger partial charge in [-0.1, -0.05) is 5.92 Å². The molecule has 0 fully saturated rings. The average molecular weight is 348 g/mol. The summed E-state index contributed by atoms with van der Waals surface area (Å²) in [5, 5.41) is 7.69. The molecule has 0 saturated carbocycles. The largest absolute Gasteiger partial charge is 0.365 e. The van der Waals surface area contributed by atoms with Gasteiger partial charge in [0, 0.05) is 24.1 Å². The van der Waals surface area contributed by atoms with Crippen LogP contribution in [0.1, 0.15) is 20.8 Å². The Kier molecular flexibility index (Phi) is 4.59. The van der Waals surface area contributed by atoms with Crippen molar-refractivity contribution in [2.24, 2.45) is 0 Å². The van der Waals surface area contributed by atoms with E-state index >= 15 is 0 Å². The highest BCUT2D eigenvalue weighted by Gasteiger charge is 2.17. The molecule has 3 aromatic heterocycles. The van der Waals surface area contributed by atoms with Gasteiger partial charge in [0.2, 0.25) is 0 Å². The smallest absolute Gasteiger partial charge is 0.263 e. The van der Waals surface area contributed by atoms with Gasteiger partial charge in [0.1, 0.15) is 17.5 Å². The van der Waals surface area contributed by atoms with Gasteiger partial charge in [-0.25, -0.2) is 9.97 Å². The Bertz CT molecular complexity index is 1030. The van der Waals surface area contributed by atoms with E-state index in [1.807, 2.05) is 26.8 Å². The van der Waals surface area contributed by atoms with Crippen molar-refractivity contribution in [3.8, 4) is 12.3 Å². The Hall–Kier alpha value is -3.40. The molecule has 0 aliphatic carbocycles. The summed E-state index contributed by atoms with van der Waals surface area (Å²) in [5.74, 6) is 4.13. The van der Waals surface area contributed by atoms with Crippen LogP contribution in [0.3, 0.4) is 0 Å². The fourth-order valence-corrected chi connectivity index (χ4v) is 2.53. The molecule has 132 valence electrons. The number of anilines is 3. The third-order valence-electron chi connectivity index (χ3n) is 3.53. The molecule has 0 aromatic carbocycles. The standard InChI is InChI=1S/C19H20N6O/c1-5-9-25-10-6-13-11-14(22-15-12-20-7-8-21-15)23-17(16(13)18(25)26)24-19(2,3)4/h1,6-8,10-12H,9H2,2-4H3,(H2,21,22,23,24). The average Bonchev–Trinajstić information content (AvgIpc) is 2.57. The number of hydrogen-bond acceptors (Lipinski definition) is 6. The Balaban J connectivity index is 2.17. The van der Waals surface area contributed by atoms with Gasteiger partial charge in [0.05, 0.1) is 18.1 Å². The van der Waals surface area contributed by atoms with Crippen molar-refractivity contribution in [2.75, 3.05) is 10.6 Å². The van der Waals surface area contributed by atoms with Gasteiger partial charge in [-0.05, 0) is 38.3 Å². The van der Waals surface area contributed by atoms with Gasteiger partial charge < -0.3 is 15.2 Å². The molecule has 7 heteroatoms. The molecule has 0 spiro atoms. The molecule has 2 N–H and O–H groups in total. The number of terminal acetylenes is 1. The summed E-state index contributed by atoms with van der Waals surface area (Å²) in [6, 6.07) is 3.66. The predicted octanol–water partition coefficient (Wildman–Crippen LogP) is 2.77. The van der Waals surface area contributed by atoms with E-state index in [2.05, 4.69) is 31.5 Å². The monoisotopic (exact) mass is 348 g/mol. The van der Waals surface area contributed by atoms with E-state index in [4.69, 9.17) is 6.42 Å². The molecule has 0 atom stereocenters. The van der Waals surface area contributed by atoms with Gasteiger partial charge in [0.15, 0.2) is 0 Å². The fraction of sp³-hybridized carbons (Fsp3) is 0.263. The second kappa shape index (κ2) is 6.84. The maximum absolute atomic E-state index is 12.8. The Morgan fingerprint density at radius 1 is 1.27 bits per heavy atom. The lowest BCUT2D eigenvalue weighted by molar-refractivity contribution is 0.631. The van der Waals surface area contributed by atoms with Crippen molar-refractivity contribution in [1.29, 1.82) is 0 Å². The summed E-state index contributed by atoms with van der Waals surface area (Å²) in [6.45, 7) is 6.23. The van der Waals surface area contributed by atoms with Crippen LogP contribution in [0.25, 0.3) is 10.8 Å². The lowest BCUT2D eigenvalue weighted by atomic mass is 10.1. The van der Waals surface area contributed by atoms with Gasteiger partial charge in [0.25, 0.3) is 5.56 Å². The van der Waals surface area contributed by atoms with E-state index in [9.17, 15) is 4.79 Å². The van der Waals surface area contributed by atoms with E-state index in [1.165, 1.54) is 4.57 Å². The lowest BCUT2D eigenvalue weighted by Crippen LogP contribution is -2.29. The molecule has 0 aliphatic heterocycles. The molecule has 0 aliphatic rings. The van der Waals surface area contributed by atoms with E-state index in [1.54, 1.807) is 30.9 Å². The van der Waals surface area contributed by atoms with Crippen LogP contribution >= 0.6 is 0 Å². The predicted molar refractivity (Wildman–Crippen MR) is 104 cm³/mol. The second-order valence-corrected chi connectivity index (χ2v) is 6.86. The van der Waals surface area contributed by atoms with Crippen molar-refractivity contribution in [1.82, 2.24) is 19.5 Å². The summed E-state index contributed by atoms with van der Waals surface area (Å²) in [5.41, 5.74) is -0.449. The van der Waals surface area contributed by atoms with Crippen molar-refractivity contribution in [2.45, 2.75) is 32.9 Å². The molecule has 0 radical (unpaired) electrons. The molecule has 0 amide bonds. The Morgan fingerprint density at radius 2 is 2.08 bits per heavy atom. The molecule has 0 saturated heterocycles. The second-order valence-electron chi connectivity index (χ2n) is 6.86. The quantitative estimate of drug-likeness (QED) is 0.705. The maximum atomic E-state index is 12.8. The van der Waals surface area contributed by atoms with Gasteiger partial charge in [-0.15, -0.1) is 6.42 Å². The topological polar surface area (TPSA) is 84.7 Å². The molecule has 26 heavy (non-hydrogen) atoms. The van der Waals surface area contributed by atoms with Crippen LogP contribution in [-0.4, -0.2) is 25.1 Å². The zero-order valence-electron chi connectivity index (χ0n) is 14.9. The van der Waals surface area contributed by atoms with Gasteiger partial charge in [-0.2, -0.15) is 0 Å². The van der Waals surface area contributed by atoms with Crippen LogP contribution in [0.5, 0.6) is 0 Å². The first-order valence-electron chi connectivity index (χ1n) is 8.16. The molecule has 0 bridgehead atoms. The van der Waals surface area contributed by atoms with Crippen LogP contribution < -0.4 is 16.2 Å². The zero-order chi connectivity index (χ0) is 18.7. The van der Waals surface area contributed by atoms with Crippen LogP contribution in [0.15, 0.2) is 41.7 Å². The van der Waals surface area contributed by atoms with Crippen molar-refractivity contribution in [3.05, 3.63) is 47.3 Å². The number of hydrogen-bond donors (Lipinski definition) is 2. The van der Waals surface area contributed by atoms with Gasteiger partial charge in [-0.3, -0.25) is 9.78 Å². The van der Waals surface area contributed by atoms with E-state index < -0.39 is 0 Å². The minimum Gasteiger partial charge on any atom is -0.365 e. The number of nitrogens with one attached hydrogen (secondary N) is 2. The van der Waals surface area contributed by atoms with Crippen LogP contribution in [-0.2, 0) is 6.54 Å². The van der Waals surface area contributed by atoms with Gasteiger partial charge >= 0.3 is 0 Å². The number of nitrogens with zero attached hydrogens (tertiary/aromatic N) is 4. The normalized spacial score (nSPS) is 11.2. The number of pyridine rings is 2. The highest BCUT2D eigenvalue weighted by Crippen LogP contribution is 2.25. The van der Waals surface area contributed by atoms with Crippen LogP contribution in [0.2, 0.25) is 0 Å². The first-order chi connectivity index (χ1) is 12.4. The third kappa shape index (κ3) is 3.81. The summed E-state index contributed by atoms with van der Waals surface area (Å²) in [6.07, 6.45) is 11.8. The highest BCUT2D eigenvalue weighted by atomic mass is 16.1. The number of fused-ring (bicyclic) bond motifs is 1. The van der Waals surface area contributed by atoms with E-state index in [-0.39, 0.29) is 17.6 Å². The lowest BCUT2D eigenvalue weighted by Gasteiger charge is -2.23. The maximum Gasteiger partial charge on any atom is 0.263 e. The summed E-state index contributed by atoms with van der Waals surface area (Å²) < 4.78 is 1.49. The minimum atomic E-state index is -0.273. The van der Waals surface area contributed by atoms with Crippen LogP contribution in [0.4, 0.5) is 17.5 Å². The van der Waals surface area contributed by atoms with Crippen molar-refractivity contribution in [3.63, 3.8) is 0 Å². The van der Waals surface area contributed by atoms with Crippen LogP contribution in [0, 0.1) is 12.3 Å². The first-order valence-corrected chi connectivity index (χ1v) is 8.16. The summed E-state index contributed by atoms with van der Waals surface area (Å²) in [7, 11) is 0. The highest BCUT2D eigenvalue weighted by molar-refractivity contribution is 5.93. The van der Waals surface area contributed by atoms with E-state index in [0.717, 1.165) is 5.39 Å². The zero-order valence-corrected chi connectivity index (χ0v) is 14.9. The fourth-order valence-electron chi connectivity index (χ4n) is 2.53. The molecule has 3 aromatic rings. The number of aromatic nitrogens is 4. The van der Waals surface area contributed by atoms with Crippen molar-refractivity contribution < 1.29 is 0 Å². The number of rotatable bonds is 4. The van der Waals surface area contributed by atoms with Crippen molar-refractivity contribution >= 4 is 28.2 Å². The molecule has 3 rings (SSSR count). The molecular weight excluding hydrogens is 328 g/mol. The third-order valence-corrected chi connectivity index (χ3v) is 3.53. The Labute approximate surface area is 151 Å². The molecule has 7 nitrogen and oxygen atoms in total. The Morgan fingerprint density at radius 3 is 2.73 bits per heavy atom. The summed E-state index contributed by atoms with van der Waals surface area (Å²) in [4.78, 5) is 25.7. The molecule has 0 unspecified atom stereocenters. The van der Waals surface area contributed by atoms with E-state index in [0.29, 0.717) is 22.8 Å². The summed E-state index contributed by atoms with van der Waals surface area (Å²) >= 11 is 0. The SMILES string of the molecule is C#CCn1ccc2cc(Nc3cnccn3)nc(NC(C)(C)C)c2c1=O.